The van der Waals surface area contributed by atoms with Crippen molar-refractivity contribution in [2.75, 3.05) is 27.3 Å². The molecule has 2 rings (SSSR count). The molecule has 5 heteroatoms. The summed E-state index contributed by atoms with van der Waals surface area (Å²) >= 11 is 0. The van der Waals surface area contributed by atoms with Gasteiger partial charge in [0.2, 0.25) is 0 Å². The Hall–Kier alpha value is -1.62. The highest BCUT2D eigenvalue weighted by molar-refractivity contribution is 5.77. The molecule has 0 bridgehead atoms. The molecule has 0 spiro atoms. The van der Waals surface area contributed by atoms with Gasteiger partial charge in [0.1, 0.15) is 6.04 Å². The third kappa shape index (κ3) is 2.87. The van der Waals surface area contributed by atoms with Crippen LogP contribution in [0.3, 0.4) is 0 Å². The summed E-state index contributed by atoms with van der Waals surface area (Å²) in [5.41, 5.74) is 0.604. The molecule has 1 unspecified atom stereocenters. The second-order valence-corrected chi connectivity index (χ2v) is 4.56. The highest BCUT2D eigenvalue weighted by Gasteiger charge is 2.31. The molecule has 1 heterocycles. The number of carbonyl (C=O) groups is 1. The van der Waals surface area contributed by atoms with Gasteiger partial charge in [0.15, 0.2) is 11.6 Å². The van der Waals surface area contributed by atoms with Crippen LogP contribution in [0.1, 0.15) is 24.4 Å². The van der Waals surface area contributed by atoms with Crippen LogP contribution in [-0.4, -0.2) is 38.2 Å². The zero-order chi connectivity index (χ0) is 13.8. The van der Waals surface area contributed by atoms with Crippen LogP contribution < -0.4 is 4.74 Å². The number of likely N-dealkylation sites (tertiary alicyclic amines) is 1. The fourth-order valence-corrected chi connectivity index (χ4v) is 2.46. The molecule has 1 saturated heterocycles. The number of rotatable bonds is 4. The number of carbonyl (C=O) groups excluding carboxylic acids is 1. The maximum Gasteiger partial charge on any atom is 0.327 e. The quantitative estimate of drug-likeness (QED) is 0.783. The van der Waals surface area contributed by atoms with Crippen molar-refractivity contribution < 1.29 is 18.7 Å². The smallest absolute Gasteiger partial charge is 0.327 e. The Kier molecular flexibility index (Phi) is 4.37. The van der Waals surface area contributed by atoms with Crippen molar-refractivity contribution in [3.63, 3.8) is 0 Å². The van der Waals surface area contributed by atoms with Crippen LogP contribution in [0.15, 0.2) is 18.2 Å². The van der Waals surface area contributed by atoms with Gasteiger partial charge in [-0.15, -0.1) is 0 Å². The van der Waals surface area contributed by atoms with E-state index < -0.39 is 11.9 Å². The van der Waals surface area contributed by atoms with Crippen LogP contribution in [0.2, 0.25) is 0 Å². The number of benzene rings is 1. The van der Waals surface area contributed by atoms with E-state index in [0.29, 0.717) is 5.56 Å². The summed E-state index contributed by atoms with van der Waals surface area (Å²) in [5, 5.41) is 0. The Morgan fingerprint density at radius 3 is 2.53 bits per heavy atom. The lowest BCUT2D eigenvalue weighted by Gasteiger charge is -2.25. The molecule has 1 fully saturated rings. The van der Waals surface area contributed by atoms with Gasteiger partial charge in [-0.25, -0.2) is 9.18 Å². The van der Waals surface area contributed by atoms with Crippen molar-refractivity contribution in [3.8, 4) is 5.75 Å². The molecule has 104 valence electrons. The fourth-order valence-electron chi connectivity index (χ4n) is 2.46. The number of nitrogens with zero attached hydrogens (tertiary/aromatic N) is 1. The van der Waals surface area contributed by atoms with E-state index >= 15 is 0 Å². The first-order valence-electron chi connectivity index (χ1n) is 6.32. The van der Waals surface area contributed by atoms with Crippen molar-refractivity contribution in [1.29, 1.82) is 0 Å². The number of halogens is 1. The highest BCUT2D eigenvalue weighted by Crippen LogP contribution is 2.29. The predicted molar refractivity (Wildman–Crippen MR) is 68.5 cm³/mol. The highest BCUT2D eigenvalue weighted by atomic mass is 19.1. The lowest BCUT2D eigenvalue weighted by atomic mass is 10.1. The first-order chi connectivity index (χ1) is 9.17. The zero-order valence-electron chi connectivity index (χ0n) is 11.2. The molecule has 1 atom stereocenters. The standard InChI is InChI=1S/C14H18FNO3/c1-18-12-6-5-10(9-11(12)15)13(14(17)19-2)16-7-3-4-8-16/h5-6,9,13H,3-4,7-8H2,1-2H3. The molecule has 0 aliphatic carbocycles. The first-order valence-corrected chi connectivity index (χ1v) is 6.32. The van der Waals surface area contributed by atoms with Crippen LogP contribution in [0, 0.1) is 5.82 Å². The van der Waals surface area contributed by atoms with Gasteiger partial charge >= 0.3 is 5.97 Å². The number of esters is 1. The van der Waals surface area contributed by atoms with E-state index in [-0.39, 0.29) is 11.7 Å². The average Bonchev–Trinajstić information content (AvgIpc) is 2.93. The maximum absolute atomic E-state index is 13.8. The summed E-state index contributed by atoms with van der Waals surface area (Å²) in [5.74, 6) is -0.645. The monoisotopic (exact) mass is 267 g/mol. The van der Waals surface area contributed by atoms with Crippen LogP contribution in [-0.2, 0) is 9.53 Å². The van der Waals surface area contributed by atoms with E-state index in [0.717, 1.165) is 25.9 Å². The Morgan fingerprint density at radius 2 is 2.00 bits per heavy atom. The van der Waals surface area contributed by atoms with Gasteiger partial charge in [0.25, 0.3) is 0 Å². The van der Waals surface area contributed by atoms with Gasteiger partial charge in [-0.1, -0.05) is 6.07 Å². The van der Waals surface area contributed by atoms with Gasteiger partial charge in [-0.2, -0.15) is 0 Å². The molecule has 0 radical (unpaired) electrons. The molecule has 19 heavy (non-hydrogen) atoms. The van der Waals surface area contributed by atoms with E-state index in [4.69, 9.17) is 9.47 Å². The van der Waals surface area contributed by atoms with E-state index in [2.05, 4.69) is 0 Å². The van der Waals surface area contributed by atoms with E-state index in [1.165, 1.54) is 26.4 Å². The van der Waals surface area contributed by atoms with E-state index in [9.17, 15) is 9.18 Å². The largest absolute Gasteiger partial charge is 0.494 e. The molecular formula is C14H18FNO3. The minimum atomic E-state index is -0.534. The molecule has 1 aromatic carbocycles. The predicted octanol–water partition coefficient (Wildman–Crippen LogP) is 2.14. The number of hydrogen-bond acceptors (Lipinski definition) is 4. The molecule has 1 aliphatic heterocycles. The first kappa shape index (κ1) is 13.8. The summed E-state index contributed by atoms with van der Waals surface area (Å²) in [6.45, 7) is 1.65. The fraction of sp³-hybridized carbons (Fsp3) is 0.500. The molecule has 0 saturated carbocycles. The number of methoxy groups -OCH3 is 2. The van der Waals surface area contributed by atoms with Crippen molar-refractivity contribution in [3.05, 3.63) is 29.6 Å². The van der Waals surface area contributed by atoms with Gasteiger partial charge in [-0.3, -0.25) is 4.90 Å². The van der Waals surface area contributed by atoms with Crippen molar-refractivity contribution in [2.24, 2.45) is 0 Å². The Bertz CT molecular complexity index is 458. The molecule has 4 nitrogen and oxygen atoms in total. The number of hydrogen-bond donors (Lipinski definition) is 0. The van der Waals surface area contributed by atoms with Gasteiger partial charge < -0.3 is 9.47 Å². The Labute approximate surface area is 112 Å². The summed E-state index contributed by atoms with van der Waals surface area (Å²) in [7, 11) is 2.77. The van der Waals surface area contributed by atoms with E-state index in [1.54, 1.807) is 6.07 Å². The summed E-state index contributed by atoms with van der Waals surface area (Å²) in [4.78, 5) is 14.0. The van der Waals surface area contributed by atoms with Gasteiger partial charge in [0.05, 0.1) is 14.2 Å². The van der Waals surface area contributed by atoms with Crippen LogP contribution in [0.25, 0.3) is 0 Å². The molecular weight excluding hydrogens is 249 g/mol. The van der Waals surface area contributed by atoms with Crippen LogP contribution in [0.5, 0.6) is 5.75 Å². The van der Waals surface area contributed by atoms with Crippen molar-refractivity contribution >= 4 is 5.97 Å². The summed E-state index contributed by atoms with van der Waals surface area (Å²) < 4.78 is 23.5. The Balaban J connectivity index is 2.31. The molecule has 1 aliphatic rings. The molecule has 0 amide bonds. The van der Waals surface area contributed by atoms with Crippen LogP contribution >= 0.6 is 0 Å². The maximum atomic E-state index is 13.8. The Morgan fingerprint density at radius 1 is 1.32 bits per heavy atom. The van der Waals surface area contributed by atoms with Gasteiger partial charge in [-0.05, 0) is 43.6 Å². The number of ether oxygens (including phenoxy) is 2. The minimum absolute atomic E-state index is 0.175. The SMILES string of the molecule is COC(=O)C(c1ccc(OC)c(F)c1)N1CCCC1. The second kappa shape index (κ2) is 6.02. The molecule has 1 aromatic rings. The second-order valence-electron chi connectivity index (χ2n) is 4.56. The van der Waals surface area contributed by atoms with E-state index in [1.807, 2.05) is 4.90 Å². The van der Waals surface area contributed by atoms with Crippen molar-refractivity contribution in [1.82, 2.24) is 4.90 Å². The topological polar surface area (TPSA) is 38.8 Å². The lowest BCUT2D eigenvalue weighted by Crippen LogP contribution is -2.32. The normalized spacial score (nSPS) is 17.2. The molecule has 0 aromatic heterocycles. The third-order valence-corrected chi connectivity index (χ3v) is 3.42. The van der Waals surface area contributed by atoms with Crippen molar-refractivity contribution in [2.45, 2.75) is 18.9 Å². The minimum Gasteiger partial charge on any atom is -0.494 e. The zero-order valence-corrected chi connectivity index (χ0v) is 11.2. The average molecular weight is 267 g/mol. The lowest BCUT2D eigenvalue weighted by molar-refractivity contribution is -0.146. The molecule has 0 N–H and O–H groups in total. The summed E-state index contributed by atoms with van der Waals surface area (Å²) in [6, 6.07) is 4.06. The van der Waals surface area contributed by atoms with Gasteiger partial charge in [0, 0.05) is 0 Å². The summed E-state index contributed by atoms with van der Waals surface area (Å²) in [6.07, 6.45) is 2.10. The van der Waals surface area contributed by atoms with Crippen LogP contribution in [0.4, 0.5) is 4.39 Å². The third-order valence-electron chi connectivity index (χ3n) is 3.42.